The molecule has 3 rings (SSSR count). The van der Waals surface area contributed by atoms with E-state index in [1.54, 1.807) is 0 Å². The maximum Gasteiger partial charge on any atom is 0.223 e. The predicted octanol–water partition coefficient (Wildman–Crippen LogP) is 3.90. The molecule has 0 spiro atoms. The fourth-order valence-electron chi connectivity index (χ4n) is 4.89. The molecule has 5 atom stereocenters. The van der Waals surface area contributed by atoms with Gasteiger partial charge in [0.1, 0.15) is 0 Å². The quantitative estimate of drug-likeness (QED) is 0.801. The molecule has 5 unspecified atom stereocenters. The Morgan fingerprint density at radius 2 is 2.05 bits per heavy atom. The number of carbonyl (C=O) groups is 1. The van der Waals surface area contributed by atoms with Crippen molar-refractivity contribution in [1.29, 1.82) is 0 Å². The summed E-state index contributed by atoms with van der Waals surface area (Å²) in [5.41, 5.74) is 0. The molecule has 0 aromatic heterocycles. The molecule has 108 valence electrons. The molecule has 0 aromatic rings. The molecule has 3 aliphatic carbocycles. The number of hydrogen-bond acceptors (Lipinski definition) is 1. The predicted molar refractivity (Wildman–Crippen MR) is 77.7 cm³/mol. The van der Waals surface area contributed by atoms with Crippen LogP contribution < -0.4 is 5.32 Å². The Balaban J connectivity index is 1.51. The fourth-order valence-corrected chi connectivity index (χ4v) is 4.89. The second-order valence-corrected chi connectivity index (χ2v) is 7.23. The molecule has 0 saturated heterocycles. The molecule has 0 radical (unpaired) electrons. The summed E-state index contributed by atoms with van der Waals surface area (Å²) in [6.07, 6.45) is 13.0. The molecule has 1 N–H and O–H groups in total. The van der Waals surface area contributed by atoms with E-state index in [4.69, 9.17) is 0 Å². The average Bonchev–Trinajstić information content (AvgIpc) is 3.12. The Morgan fingerprint density at radius 3 is 2.74 bits per heavy atom. The van der Waals surface area contributed by atoms with Crippen molar-refractivity contribution in [3.05, 3.63) is 0 Å². The van der Waals surface area contributed by atoms with Crippen molar-refractivity contribution in [2.45, 2.75) is 77.2 Å². The molecular weight excluding hydrogens is 234 g/mol. The fraction of sp³-hybridized carbons (Fsp3) is 0.941. The number of fused-ring (bicyclic) bond motifs is 2. The van der Waals surface area contributed by atoms with E-state index in [2.05, 4.69) is 12.2 Å². The molecule has 2 heteroatoms. The van der Waals surface area contributed by atoms with Crippen LogP contribution in [0.2, 0.25) is 0 Å². The summed E-state index contributed by atoms with van der Waals surface area (Å²) in [4.78, 5) is 12.5. The van der Waals surface area contributed by atoms with Crippen molar-refractivity contribution < 1.29 is 4.79 Å². The Hall–Kier alpha value is -0.530. The van der Waals surface area contributed by atoms with E-state index in [9.17, 15) is 4.79 Å². The molecule has 2 bridgehead atoms. The van der Waals surface area contributed by atoms with Gasteiger partial charge in [0.2, 0.25) is 5.91 Å². The summed E-state index contributed by atoms with van der Waals surface area (Å²) in [5, 5.41) is 3.43. The van der Waals surface area contributed by atoms with Crippen LogP contribution in [-0.2, 0) is 4.79 Å². The van der Waals surface area contributed by atoms with Crippen LogP contribution in [-0.4, -0.2) is 11.9 Å². The number of carbonyl (C=O) groups excluding carboxylic acids is 1. The lowest BCUT2D eigenvalue weighted by atomic mass is 9.87. The number of amides is 1. The van der Waals surface area contributed by atoms with Gasteiger partial charge in [-0.15, -0.1) is 0 Å². The average molecular weight is 263 g/mol. The summed E-state index contributed by atoms with van der Waals surface area (Å²) >= 11 is 0. The highest BCUT2D eigenvalue weighted by Gasteiger charge is 2.43. The van der Waals surface area contributed by atoms with Crippen LogP contribution in [0, 0.1) is 23.7 Å². The molecule has 0 aromatic carbocycles. The van der Waals surface area contributed by atoms with E-state index >= 15 is 0 Å². The van der Waals surface area contributed by atoms with Crippen molar-refractivity contribution in [3.63, 3.8) is 0 Å². The third-order valence-electron chi connectivity index (χ3n) is 5.99. The summed E-state index contributed by atoms with van der Waals surface area (Å²) in [6, 6.07) is 0.498. The third-order valence-corrected chi connectivity index (χ3v) is 5.99. The van der Waals surface area contributed by atoms with Gasteiger partial charge in [-0.1, -0.05) is 32.6 Å². The second-order valence-electron chi connectivity index (χ2n) is 7.23. The van der Waals surface area contributed by atoms with Crippen molar-refractivity contribution in [2.75, 3.05) is 0 Å². The zero-order valence-corrected chi connectivity index (χ0v) is 12.4. The Bertz CT molecular complexity index is 327. The highest BCUT2D eigenvalue weighted by molar-refractivity contribution is 5.79. The molecular formula is C17H29NO. The second kappa shape index (κ2) is 5.85. The topological polar surface area (TPSA) is 29.1 Å². The van der Waals surface area contributed by atoms with E-state index < -0.39 is 0 Å². The highest BCUT2D eigenvalue weighted by Crippen LogP contribution is 2.48. The van der Waals surface area contributed by atoms with Gasteiger partial charge in [0.25, 0.3) is 0 Å². The van der Waals surface area contributed by atoms with Gasteiger partial charge in [-0.25, -0.2) is 0 Å². The minimum absolute atomic E-state index is 0.367. The highest BCUT2D eigenvalue weighted by atomic mass is 16.2. The molecule has 3 aliphatic rings. The molecule has 1 amide bonds. The zero-order valence-electron chi connectivity index (χ0n) is 12.4. The SMILES string of the molecule is CCCCC1CCCC1NC(=O)C1CC2CCC1C2. The number of hydrogen-bond donors (Lipinski definition) is 1. The van der Waals surface area contributed by atoms with Gasteiger partial charge in [0.15, 0.2) is 0 Å². The summed E-state index contributed by atoms with van der Waals surface area (Å²) in [6.45, 7) is 2.26. The van der Waals surface area contributed by atoms with Gasteiger partial charge in [0, 0.05) is 12.0 Å². The van der Waals surface area contributed by atoms with E-state index in [0.717, 1.165) is 17.8 Å². The first-order chi connectivity index (χ1) is 9.28. The molecule has 3 saturated carbocycles. The van der Waals surface area contributed by atoms with Crippen molar-refractivity contribution in [1.82, 2.24) is 5.32 Å². The van der Waals surface area contributed by atoms with E-state index in [1.165, 1.54) is 64.2 Å². The van der Waals surface area contributed by atoms with Gasteiger partial charge in [0.05, 0.1) is 0 Å². The van der Waals surface area contributed by atoms with Crippen LogP contribution in [0.15, 0.2) is 0 Å². The number of unbranched alkanes of at least 4 members (excludes halogenated alkanes) is 1. The molecule has 0 aliphatic heterocycles. The maximum atomic E-state index is 12.5. The third kappa shape index (κ3) is 2.83. The Kier molecular flexibility index (Phi) is 4.14. The summed E-state index contributed by atoms with van der Waals surface area (Å²) in [5.74, 6) is 3.13. The van der Waals surface area contributed by atoms with E-state index in [-0.39, 0.29) is 0 Å². The zero-order chi connectivity index (χ0) is 13.2. The lowest BCUT2D eigenvalue weighted by molar-refractivity contribution is -0.127. The lowest BCUT2D eigenvalue weighted by Crippen LogP contribution is -2.42. The molecule has 0 heterocycles. The minimum atomic E-state index is 0.367. The van der Waals surface area contributed by atoms with Gasteiger partial charge in [-0.2, -0.15) is 0 Å². The van der Waals surface area contributed by atoms with Crippen LogP contribution in [0.4, 0.5) is 0 Å². The Labute approximate surface area is 117 Å². The maximum absolute atomic E-state index is 12.5. The number of nitrogens with one attached hydrogen (secondary N) is 1. The van der Waals surface area contributed by atoms with Crippen molar-refractivity contribution in [3.8, 4) is 0 Å². The standard InChI is InChI=1S/C17H29NO/c1-2-3-5-13-6-4-7-16(13)18-17(19)15-11-12-8-9-14(15)10-12/h12-16H,2-11H2,1H3,(H,18,19). The smallest absolute Gasteiger partial charge is 0.223 e. The van der Waals surface area contributed by atoms with Crippen LogP contribution in [0.1, 0.15) is 71.1 Å². The van der Waals surface area contributed by atoms with Crippen LogP contribution >= 0.6 is 0 Å². The van der Waals surface area contributed by atoms with Gasteiger partial charge >= 0.3 is 0 Å². The first-order valence-corrected chi connectivity index (χ1v) is 8.58. The van der Waals surface area contributed by atoms with Crippen molar-refractivity contribution in [2.24, 2.45) is 23.7 Å². The Morgan fingerprint density at radius 1 is 1.16 bits per heavy atom. The summed E-state index contributed by atoms with van der Waals surface area (Å²) < 4.78 is 0. The van der Waals surface area contributed by atoms with Crippen LogP contribution in [0.25, 0.3) is 0 Å². The van der Waals surface area contributed by atoms with Crippen molar-refractivity contribution >= 4 is 5.91 Å². The first-order valence-electron chi connectivity index (χ1n) is 8.58. The van der Waals surface area contributed by atoms with Gasteiger partial charge in [-0.05, 0) is 56.3 Å². The largest absolute Gasteiger partial charge is 0.353 e. The minimum Gasteiger partial charge on any atom is -0.353 e. The molecule has 19 heavy (non-hydrogen) atoms. The van der Waals surface area contributed by atoms with Gasteiger partial charge < -0.3 is 5.32 Å². The summed E-state index contributed by atoms with van der Waals surface area (Å²) in [7, 11) is 0. The van der Waals surface area contributed by atoms with Gasteiger partial charge in [-0.3, -0.25) is 4.79 Å². The van der Waals surface area contributed by atoms with Crippen LogP contribution in [0.3, 0.4) is 0 Å². The first kappa shape index (κ1) is 13.5. The molecule has 3 fully saturated rings. The van der Waals surface area contributed by atoms with E-state index in [0.29, 0.717) is 17.9 Å². The van der Waals surface area contributed by atoms with Crippen LogP contribution in [0.5, 0.6) is 0 Å². The number of rotatable bonds is 5. The lowest BCUT2D eigenvalue weighted by Gasteiger charge is -2.26. The monoisotopic (exact) mass is 263 g/mol. The van der Waals surface area contributed by atoms with E-state index in [1.807, 2.05) is 0 Å². The normalized spacial score (nSPS) is 40.8. The molecule has 2 nitrogen and oxygen atoms in total.